The van der Waals surface area contributed by atoms with Crippen LogP contribution in [-0.2, 0) is 6.42 Å². The van der Waals surface area contributed by atoms with E-state index in [2.05, 4.69) is 10.6 Å². The van der Waals surface area contributed by atoms with Gasteiger partial charge in [0.2, 0.25) is 0 Å². The van der Waals surface area contributed by atoms with Gasteiger partial charge in [0.1, 0.15) is 12.4 Å². The fourth-order valence-electron chi connectivity index (χ4n) is 2.90. The van der Waals surface area contributed by atoms with Crippen LogP contribution in [0.3, 0.4) is 0 Å². The monoisotopic (exact) mass is 326 g/mol. The second kappa shape index (κ2) is 7.36. The second-order valence-corrected chi connectivity index (χ2v) is 6.09. The first-order chi connectivity index (χ1) is 11.7. The van der Waals surface area contributed by atoms with Crippen molar-refractivity contribution in [3.63, 3.8) is 0 Å². The summed E-state index contributed by atoms with van der Waals surface area (Å²) in [5, 5.41) is 15.3. The Kier molecular flexibility index (Phi) is 5.01. The molecule has 2 atom stereocenters. The van der Waals surface area contributed by atoms with Gasteiger partial charge in [0.05, 0.1) is 18.7 Å². The van der Waals surface area contributed by atoms with E-state index in [1.54, 1.807) is 0 Å². The maximum absolute atomic E-state index is 12.3. The molecule has 1 aliphatic rings. The number of rotatable bonds is 5. The van der Waals surface area contributed by atoms with Crippen LogP contribution in [-0.4, -0.2) is 30.4 Å². The number of nitrogens with one attached hydrogen (secondary N) is 2. The van der Waals surface area contributed by atoms with Crippen molar-refractivity contribution in [2.45, 2.75) is 25.4 Å². The van der Waals surface area contributed by atoms with Crippen LogP contribution >= 0.6 is 0 Å². The maximum atomic E-state index is 12.3. The number of urea groups is 1. The van der Waals surface area contributed by atoms with Crippen LogP contribution in [0.15, 0.2) is 48.5 Å². The van der Waals surface area contributed by atoms with E-state index < -0.39 is 0 Å². The van der Waals surface area contributed by atoms with Crippen molar-refractivity contribution in [3.05, 3.63) is 65.2 Å². The molecule has 2 unspecified atom stereocenters. The molecule has 0 aliphatic carbocycles. The number of aryl methyl sites for hydroxylation is 1. The van der Waals surface area contributed by atoms with E-state index >= 15 is 0 Å². The van der Waals surface area contributed by atoms with Crippen LogP contribution in [0.1, 0.15) is 22.7 Å². The van der Waals surface area contributed by atoms with Gasteiger partial charge in [-0.05, 0) is 25.0 Å². The molecule has 0 aromatic heterocycles. The molecule has 2 amide bonds. The van der Waals surface area contributed by atoms with Crippen LogP contribution in [0.4, 0.5) is 4.79 Å². The Balaban J connectivity index is 1.59. The quantitative estimate of drug-likeness (QED) is 0.790. The highest BCUT2D eigenvalue weighted by molar-refractivity contribution is 5.75. The van der Waals surface area contributed by atoms with E-state index in [4.69, 9.17) is 4.74 Å². The Bertz CT molecular complexity index is 703. The van der Waals surface area contributed by atoms with Crippen LogP contribution in [0, 0.1) is 6.92 Å². The number of fused-ring (bicyclic) bond motifs is 1. The summed E-state index contributed by atoms with van der Waals surface area (Å²) in [5.74, 6) is 0.814. The van der Waals surface area contributed by atoms with Gasteiger partial charge in [-0.2, -0.15) is 0 Å². The lowest BCUT2D eigenvalue weighted by Gasteiger charge is -2.19. The molecule has 2 aromatic rings. The Morgan fingerprint density at radius 1 is 1.29 bits per heavy atom. The van der Waals surface area contributed by atoms with E-state index in [0.717, 1.165) is 22.4 Å². The minimum Gasteiger partial charge on any atom is -0.491 e. The first kappa shape index (κ1) is 16.3. The van der Waals surface area contributed by atoms with Crippen LogP contribution in [0.5, 0.6) is 5.75 Å². The van der Waals surface area contributed by atoms with Crippen molar-refractivity contribution in [1.82, 2.24) is 10.6 Å². The number of hydrogen-bond donors (Lipinski definition) is 3. The molecule has 0 radical (unpaired) electrons. The molecule has 0 saturated heterocycles. The Morgan fingerprint density at radius 3 is 2.83 bits per heavy atom. The molecule has 0 saturated carbocycles. The molecule has 1 heterocycles. The first-order valence-electron chi connectivity index (χ1n) is 8.11. The summed E-state index contributed by atoms with van der Waals surface area (Å²) in [6, 6.07) is 14.9. The number of aliphatic hydroxyl groups is 1. The van der Waals surface area contributed by atoms with Crippen molar-refractivity contribution >= 4 is 6.03 Å². The van der Waals surface area contributed by atoms with E-state index in [9.17, 15) is 9.90 Å². The Morgan fingerprint density at radius 2 is 2.08 bits per heavy atom. The summed E-state index contributed by atoms with van der Waals surface area (Å²) in [4.78, 5) is 12.3. The molecule has 0 spiro atoms. The SMILES string of the molecule is Cc1ccc2c(c1)C(NC(=O)NC(CO)Cc1ccccc1)CO2. The van der Waals surface area contributed by atoms with E-state index in [-0.39, 0.29) is 24.7 Å². The van der Waals surface area contributed by atoms with Gasteiger partial charge in [0.15, 0.2) is 0 Å². The van der Waals surface area contributed by atoms with Crippen LogP contribution in [0.25, 0.3) is 0 Å². The third-order valence-corrected chi connectivity index (χ3v) is 4.13. The lowest BCUT2D eigenvalue weighted by Crippen LogP contribution is -2.46. The number of ether oxygens (including phenoxy) is 1. The van der Waals surface area contributed by atoms with Gasteiger partial charge in [-0.15, -0.1) is 0 Å². The third-order valence-electron chi connectivity index (χ3n) is 4.13. The predicted octanol–water partition coefficient (Wildman–Crippen LogP) is 2.33. The summed E-state index contributed by atoms with van der Waals surface area (Å²) in [6.07, 6.45) is 0.585. The molecule has 3 rings (SSSR count). The normalized spacial score (nSPS) is 16.8. The van der Waals surface area contributed by atoms with Crippen molar-refractivity contribution in [2.75, 3.05) is 13.2 Å². The minimum absolute atomic E-state index is 0.112. The summed E-state index contributed by atoms with van der Waals surface area (Å²) in [5.41, 5.74) is 3.19. The number of hydrogen-bond acceptors (Lipinski definition) is 3. The lowest BCUT2D eigenvalue weighted by molar-refractivity contribution is 0.210. The number of aliphatic hydroxyl groups excluding tert-OH is 1. The average Bonchev–Trinajstić information content (AvgIpc) is 2.97. The van der Waals surface area contributed by atoms with Crippen molar-refractivity contribution < 1.29 is 14.6 Å². The average molecular weight is 326 g/mol. The smallest absolute Gasteiger partial charge is 0.315 e. The van der Waals surface area contributed by atoms with E-state index in [1.165, 1.54) is 0 Å². The summed E-state index contributed by atoms with van der Waals surface area (Å²) in [6.45, 7) is 2.32. The molecule has 5 heteroatoms. The zero-order valence-corrected chi connectivity index (χ0v) is 13.7. The first-order valence-corrected chi connectivity index (χ1v) is 8.11. The van der Waals surface area contributed by atoms with Gasteiger partial charge in [0, 0.05) is 5.56 Å². The highest BCUT2D eigenvalue weighted by Gasteiger charge is 2.26. The van der Waals surface area contributed by atoms with Crippen LogP contribution in [0.2, 0.25) is 0 Å². The molecule has 1 aliphatic heterocycles. The third kappa shape index (κ3) is 3.86. The topological polar surface area (TPSA) is 70.6 Å². The maximum Gasteiger partial charge on any atom is 0.315 e. The second-order valence-electron chi connectivity index (χ2n) is 6.09. The van der Waals surface area contributed by atoms with Gasteiger partial charge in [0.25, 0.3) is 0 Å². The summed E-state index contributed by atoms with van der Waals surface area (Å²) < 4.78 is 5.60. The van der Waals surface area contributed by atoms with Crippen molar-refractivity contribution in [1.29, 1.82) is 0 Å². The molecule has 3 N–H and O–H groups in total. The molecule has 5 nitrogen and oxygen atoms in total. The zero-order valence-electron chi connectivity index (χ0n) is 13.7. The molecule has 126 valence electrons. The summed E-state index contributed by atoms with van der Waals surface area (Å²) in [7, 11) is 0. The van der Waals surface area contributed by atoms with Gasteiger partial charge in [-0.25, -0.2) is 4.79 Å². The number of benzene rings is 2. The standard InChI is InChI=1S/C19H22N2O3/c1-13-7-8-18-16(9-13)17(12-24-18)21-19(23)20-15(11-22)10-14-5-3-2-4-6-14/h2-9,15,17,22H,10-12H2,1H3,(H2,20,21,23). The fraction of sp³-hybridized carbons (Fsp3) is 0.316. The van der Waals surface area contributed by atoms with Gasteiger partial charge in [-0.1, -0.05) is 48.0 Å². The number of carbonyl (C=O) groups excluding carboxylic acids is 1. The number of amides is 2. The highest BCUT2D eigenvalue weighted by atomic mass is 16.5. The fourth-order valence-corrected chi connectivity index (χ4v) is 2.90. The van der Waals surface area contributed by atoms with Gasteiger partial charge < -0.3 is 20.5 Å². The van der Waals surface area contributed by atoms with Gasteiger partial charge >= 0.3 is 6.03 Å². The van der Waals surface area contributed by atoms with Crippen molar-refractivity contribution in [2.24, 2.45) is 0 Å². The molecule has 2 aromatic carbocycles. The van der Waals surface area contributed by atoms with E-state index in [1.807, 2.05) is 55.5 Å². The van der Waals surface area contributed by atoms with E-state index in [0.29, 0.717) is 13.0 Å². The Hall–Kier alpha value is -2.53. The lowest BCUT2D eigenvalue weighted by atomic mass is 10.1. The largest absolute Gasteiger partial charge is 0.491 e. The molecular formula is C19H22N2O3. The number of carbonyl (C=O) groups is 1. The molecule has 0 fully saturated rings. The van der Waals surface area contributed by atoms with Crippen molar-refractivity contribution in [3.8, 4) is 5.75 Å². The molecule has 0 bridgehead atoms. The van der Waals surface area contributed by atoms with Gasteiger partial charge in [-0.3, -0.25) is 0 Å². The predicted molar refractivity (Wildman–Crippen MR) is 92.1 cm³/mol. The minimum atomic E-state index is -0.327. The Labute approximate surface area is 141 Å². The molecule has 24 heavy (non-hydrogen) atoms. The zero-order chi connectivity index (χ0) is 16.9. The molecular weight excluding hydrogens is 304 g/mol. The summed E-state index contributed by atoms with van der Waals surface area (Å²) >= 11 is 0. The highest BCUT2D eigenvalue weighted by Crippen LogP contribution is 2.32. The van der Waals surface area contributed by atoms with Crippen LogP contribution < -0.4 is 15.4 Å².